The molecule has 0 heterocycles. The molecule has 9 aliphatic rings. The molecule has 138 valence electrons. The van der Waals surface area contributed by atoms with Gasteiger partial charge in [-0.25, -0.2) is 0 Å². The summed E-state index contributed by atoms with van der Waals surface area (Å²) in [5.74, 6) is 16.3. The lowest BCUT2D eigenvalue weighted by atomic mass is 9.38. The van der Waals surface area contributed by atoms with E-state index in [-0.39, 0.29) is 0 Å². The van der Waals surface area contributed by atoms with E-state index < -0.39 is 0 Å². The highest BCUT2D eigenvalue weighted by Gasteiger charge is 2.82. The molecule has 0 aromatic rings. The van der Waals surface area contributed by atoms with Crippen molar-refractivity contribution < 1.29 is 0 Å². The molecule has 0 aliphatic heterocycles. The number of hydrogen-bond donors (Lipinski definition) is 0. The Labute approximate surface area is 158 Å². The van der Waals surface area contributed by atoms with Gasteiger partial charge in [0.05, 0.1) is 0 Å². The number of allylic oxidation sites excluding steroid dienone is 2. The molecule has 0 nitrogen and oxygen atoms in total. The van der Waals surface area contributed by atoms with Crippen molar-refractivity contribution in [1.82, 2.24) is 0 Å². The van der Waals surface area contributed by atoms with Crippen molar-refractivity contribution in [2.45, 2.75) is 57.8 Å². The van der Waals surface area contributed by atoms with Gasteiger partial charge in [-0.1, -0.05) is 18.6 Å². The van der Waals surface area contributed by atoms with Crippen LogP contribution in [0.2, 0.25) is 0 Å². The van der Waals surface area contributed by atoms with Crippen LogP contribution in [-0.2, 0) is 0 Å². The second kappa shape index (κ2) is 4.04. The van der Waals surface area contributed by atoms with Gasteiger partial charge in [-0.3, -0.25) is 0 Å². The van der Waals surface area contributed by atoms with Crippen molar-refractivity contribution >= 4 is 0 Å². The first kappa shape index (κ1) is 13.8. The zero-order valence-electron chi connectivity index (χ0n) is 16.1. The molecule has 8 saturated carbocycles. The van der Waals surface area contributed by atoms with E-state index in [2.05, 4.69) is 12.2 Å². The first-order chi connectivity index (χ1) is 12.8. The van der Waals surface area contributed by atoms with E-state index in [1.165, 1.54) is 53.3 Å². The molecule has 15 unspecified atom stereocenters. The summed E-state index contributed by atoms with van der Waals surface area (Å²) in [5, 5.41) is 0. The van der Waals surface area contributed by atoms with Crippen LogP contribution < -0.4 is 0 Å². The first-order valence-electron chi connectivity index (χ1n) is 12.5. The molecule has 0 heteroatoms. The largest absolute Gasteiger partial charge is 0.0848 e. The zero-order valence-corrected chi connectivity index (χ0v) is 16.1. The molecule has 9 rings (SSSR count). The van der Waals surface area contributed by atoms with Gasteiger partial charge in [0.25, 0.3) is 0 Å². The zero-order chi connectivity index (χ0) is 16.4. The van der Waals surface area contributed by atoms with Gasteiger partial charge in [-0.2, -0.15) is 0 Å². The van der Waals surface area contributed by atoms with Crippen molar-refractivity contribution in [2.24, 2.45) is 88.3 Å². The van der Waals surface area contributed by atoms with E-state index >= 15 is 0 Å². The fraction of sp³-hybridized carbons (Fsp3) is 0.923. The SMILES string of the molecule is C1=CC2CC1C1CC3C4CC5(C3CC21)C1C2CCC(CC3CC1C5C34)C2. The van der Waals surface area contributed by atoms with Gasteiger partial charge < -0.3 is 0 Å². The molecular formula is C26H34. The highest BCUT2D eigenvalue weighted by Crippen LogP contribution is 2.88. The summed E-state index contributed by atoms with van der Waals surface area (Å²) in [7, 11) is 0. The lowest BCUT2D eigenvalue weighted by molar-refractivity contribution is -0.189. The number of fused-ring (bicyclic) bond motifs is 14. The Morgan fingerprint density at radius 2 is 1.46 bits per heavy atom. The summed E-state index contributed by atoms with van der Waals surface area (Å²) < 4.78 is 0. The smallest absolute Gasteiger partial charge is 0.0196 e. The molecule has 0 aromatic carbocycles. The van der Waals surface area contributed by atoms with Gasteiger partial charge >= 0.3 is 0 Å². The quantitative estimate of drug-likeness (QED) is 0.487. The molecule has 0 N–H and O–H groups in total. The minimum absolute atomic E-state index is 0.903. The third-order valence-corrected chi connectivity index (χ3v) is 13.1. The van der Waals surface area contributed by atoms with Gasteiger partial charge in [-0.05, 0) is 140 Å². The summed E-state index contributed by atoms with van der Waals surface area (Å²) >= 11 is 0. The maximum absolute atomic E-state index is 2.65. The van der Waals surface area contributed by atoms with Crippen LogP contribution in [0.5, 0.6) is 0 Å². The fourth-order valence-electron chi connectivity index (χ4n) is 13.3. The predicted molar refractivity (Wildman–Crippen MR) is 102 cm³/mol. The Kier molecular flexibility index (Phi) is 2.15. The van der Waals surface area contributed by atoms with Gasteiger partial charge in [0.1, 0.15) is 0 Å². The van der Waals surface area contributed by atoms with Crippen molar-refractivity contribution in [2.75, 3.05) is 0 Å². The van der Waals surface area contributed by atoms with E-state index in [4.69, 9.17) is 0 Å². The molecular weight excluding hydrogens is 312 g/mol. The average molecular weight is 347 g/mol. The van der Waals surface area contributed by atoms with E-state index in [1.54, 1.807) is 57.8 Å². The van der Waals surface area contributed by atoms with Gasteiger partial charge in [-0.15, -0.1) is 0 Å². The lowest BCUT2D eigenvalue weighted by Gasteiger charge is -2.66. The Morgan fingerprint density at radius 3 is 2.38 bits per heavy atom. The molecule has 1 spiro atoms. The maximum atomic E-state index is 2.65. The van der Waals surface area contributed by atoms with Crippen molar-refractivity contribution in [3.05, 3.63) is 12.2 Å². The van der Waals surface area contributed by atoms with Gasteiger partial charge in [0.2, 0.25) is 0 Å². The molecule has 15 atom stereocenters. The second-order valence-electron chi connectivity index (χ2n) is 13.0. The van der Waals surface area contributed by atoms with Crippen LogP contribution in [0.1, 0.15) is 57.8 Å². The summed E-state index contributed by atoms with van der Waals surface area (Å²) in [6.07, 6.45) is 20.2. The number of rotatable bonds is 0. The summed E-state index contributed by atoms with van der Waals surface area (Å²) in [5.41, 5.74) is 0.903. The van der Waals surface area contributed by atoms with Crippen LogP contribution in [0.25, 0.3) is 0 Å². The second-order valence-corrected chi connectivity index (χ2v) is 13.0. The molecule has 8 fully saturated rings. The lowest BCUT2D eigenvalue weighted by Crippen LogP contribution is -2.62. The molecule has 8 bridgehead atoms. The van der Waals surface area contributed by atoms with E-state index in [0.717, 1.165) is 35.0 Å². The Hall–Kier alpha value is -0.260. The third kappa shape index (κ3) is 1.21. The first-order valence-corrected chi connectivity index (χ1v) is 12.5. The van der Waals surface area contributed by atoms with Crippen LogP contribution in [0.15, 0.2) is 12.2 Å². The van der Waals surface area contributed by atoms with Crippen LogP contribution >= 0.6 is 0 Å². The van der Waals surface area contributed by atoms with E-state index in [0.29, 0.717) is 0 Å². The van der Waals surface area contributed by atoms with Crippen molar-refractivity contribution in [3.8, 4) is 0 Å². The summed E-state index contributed by atoms with van der Waals surface area (Å²) in [4.78, 5) is 0. The highest BCUT2D eigenvalue weighted by atomic mass is 14.9. The minimum atomic E-state index is 0.903. The van der Waals surface area contributed by atoms with Gasteiger partial charge in [0, 0.05) is 0 Å². The molecule has 26 heavy (non-hydrogen) atoms. The summed E-state index contributed by atoms with van der Waals surface area (Å²) in [6, 6.07) is 0. The fourth-order valence-corrected chi connectivity index (χ4v) is 13.3. The molecule has 0 amide bonds. The molecule has 9 aliphatic carbocycles. The van der Waals surface area contributed by atoms with Crippen LogP contribution in [0.4, 0.5) is 0 Å². The topological polar surface area (TPSA) is 0 Å². The van der Waals surface area contributed by atoms with Crippen LogP contribution in [-0.4, -0.2) is 0 Å². The monoisotopic (exact) mass is 346 g/mol. The van der Waals surface area contributed by atoms with E-state index in [9.17, 15) is 0 Å². The maximum Gasteiger partial charge on any atom is -0.0196 e. The predicted octanol–water partition coefficient (Wildman–Crippen LogP) is 5.79. The number of hydrogen-bond acceptors (Lipinski definition) is 0. The average Bonchev–Trinajstić information content (AvgIpc) is 3.43. The molecule has 0 saturated heterocycles. The summed E-state index contributed by atoms with van der Waals surface area (Å²) in [6.45, 7) is 0. The van der Waals surface area contributed by atoms with Crippen LogP contribution in [0.3, 0.4) is 0 Å². The Bertz CT molecular complexity index is 730. The third-order valence-electron chi connectivity index (χ3n) is 13.1. The van der Waals surface area contributed by atoms with Crippen LogP contribution in [0, 0.1) is 88.3 Å². The van der Waals surface area contributed by atoms with Crippen molar-refractivity contribution in [3.63, 3.8) is 0 Å². The Balaban J connectivity index is 1.19. The minimum Gasteiger partial charge on any atom is -0.0848 e. The Morgan fingerprint density at radius 1 is 0.615 bits per heavy atom. The standard InChI is InChI=1S/C26H34/c1-2-15-5-12(1)6-16-8-20-24(15)26-11-21(23(16)25(20)26)19-9-17-13-3-4-14(7-13)18(17)10-22(19)26/h3-4,12-25H,1-2,5-11H2. The highest BCUT2D eigenvalue weighted by molar-refractivity contribution is 5.31. The molecule has 0 radical (unpaired) electrons. The van der Waals surface area contributed by atoms with Gasteiger partial charge in [0.15, 0.2) is 0 Å². The molecule has 0 aromatic heterocycles. The van der Waals surface area contributed by atoms with Crippen molar-refractivity contribution in [1.29, 1.82) is 0 Å². The normalized spacial score (nSPS) is 75.1. The van der Waals surface area contributed by atoms with E-state index in [1.807, 2.05) is 0 Å².